The Bertz CT molecular complexity index is 985. The molecule has 0 aliphatic carbocycles. The summed E-state index contributed by atoms with van der Waals surface area (Å²) in [4.78, 5) is 4.74. The molecule has 2 aromatic carbocycles. The van der Waals surface area contributed by atoms with Gasteiger partial charge in [0.1, 0.15) is 0 Å². The van der Waals surface area contributed by atoms with Crippen LogP contribution < -0.4 is 20.1 Å². The fourth-order valence-corrected chi connectivity index (χ4v) is 3.34. The van der Waals surface area contributed by atoms with Crippen molar-refractivity contribution in [1.82, 2.24) is 20.4 Å². The first-order chi connectivity index (χ1) is 14.8. The molecule has 0 spiro atoms. The van der Waals surface area contributed by atoms with Crippen molar-refractivity contribution in [2.45, 2.75) is 26.4 Å². The maximum atomic E-state index is 5.45. The monoisotopic (exact) mass is 405 g/mol. The number of hydrogen-bond donors (Lipinski definition) is 2. The second-order valence-electron chi connectivity index (χ2n) is 7.08. The molecule has 2 N–H and O–H groups in total. The van der Waals surface area contributed by atoms with E-state index in [0.29, 0.717) is 13.3 Å². The summed E-state index contributed by atoms with van der Waals surface area (Å²) in [6.07, 6.45) is 4.64. The molecule has 0 saturated heterocycles. The summed E-state index contributed by atoms with van der Waals surface area (Å²) in [7, 11) is 0. The average molecular weight is 406 g/mol. The van der Waals surface area contributed by atoms with Crippen molar-refractivity contribution in [3.05, 3.63) is 77.6 Å². The molecule has 30 heavy (non-hydrogen) atoms. The molecule has 0 bridgehead atoms. The van der Waals surface area contributed by atoms with Gasteiger partial charge in [0.25, 0.3) is 0 Å². The normalized spacial score (nSPS) is 12.8. The summed E-state index contributed by atoms with van der Waals surface area (Å²) < 4.78 is 12.7. The predicted octanol–water partition coefficient (Wildman–Crippen LogP) is 2.96. The molecule has 1 aliphatic heterocycles. The van der Waals surface area contributed by atoms with Gasteiger partial charge in [-0.25, -0.2) is 4.99 Å². The quantitative estimate of drug-likeness (QED) is 0.445. The van der Waals surface area contributed by atoms with Gasteiger partial charge in [-0.15, -0.1) is 0 Å². The van der Waals surface area contributed by atoms with Gasteiger partial charge in [-0.2, -0.15) is 5.10 Å². The van der Waals surface area contributed by atoms with E-state index >= 15 is 0 Å². The predicted molar refractivity (Wildman–Crippen MR) is 117 cm³/mol. The lowest BCUT2D eigenvalue weighted by Gasteiger charge is -2.12. The minimum Gasteiger partial charge on any atom is -0.454 e. The van der Waals surface area contributed by atoms with Crippen LogP contribution >= 0.6 is 0 Å². The SMILES string of the molecule is CCNC(=NCc1cccc(Cn2cccn2)c1)NCCc1ccc2c(c1)OCO2. The molecule has 7 heteroatoms. The zero-order valence-electron chi connectivity index (χ0n) is 17.2. The van der Waals surface area contributed by atoms with E-state index in [-0.39, 0.29) is 0 Å². The van der Waals surface area contributed by atoms with Gasteiger partial charge >= 0.3 is 0 Å². The maximum Gasteiger partial charge on any atom is 0.231 e. The average Bonchev–Trinajstić information content (AvgIpc) is 3.44. The molecule has 1 aromatic heterocycles. The van der Waals surface area contributed by atoms with E-state index in [9.17, 15) is 0 Å². The number of fused-ring (bicyclic) bond motifs is 1. The van der Waals surface area contributed by atoms with Crippen molar-refractivity contribution in [2.24, 2.45) is 4.99 Å². The molecule has 0 fully saturated rings. The summed E-state index contributed by atoms with van der Waals surface area (Å²) in [5.74, 6) is 2.45. The third-order valence-corrected chi connectivity index (χ3v) is 4.80. The van der Waals surface area contributed by atoms with Crippen molar-refractivity contribution in [3.8, 4) is 11.5 Å². The molecule has 0 radical (unpaired) electrons. The second kappa shape index (κ2) is 9.82. The lowest BCUT2D eigenvalue weighted by atomic mass is 10.1. The fourth-order valence-electron chi connectivity index (χ4n) is 3.34. The third-order valence-electron chi connectivity index (χ3n) is 4.80. The van der Waals surface area contributed by atoms with Gasteiger partial charge in [-0.3, -0.25) is 4.68 Å². The lowest BCUT2D eigenvalue weighted by Crippen LogP contribution is -2.38. The highest BCUT2D eigenvalue weighted by Gasteiger charge is 2.12. The van der Waals surface area contributed by atoms with Crippen LogP contribution in [0.15, 0.2) is 65.9 Å². The standard InChI is InChI=1S/C23H27N5O2/c1-2-24-23(25-11-9-18-7-8-21-22(14-18)30-17-29-21)26-15-19-5-3-6-20(13-19)16-28-12-4-10-27-28/h3-8,10,12-14H,2,9,11,15-17H2,1H3,(H2,24,25,26). The van der Waals surface area contributed by atoms with Gasteiger partial charge in [0, 0.05) is 25.5 Å². The Kier molecular flexibility index (Phi) is 6.49. The van der Waals surface area contributed by atoms with E-state index < -0.39 is 0 Å². The summed E-state index contributed by atoms with van der Waals surface area (Å²) in [5.41, 5.74) is 3.59. The van der Waals surface area contributed by atoms with Gasteiger partial charge in [0.2, 0.25) is 6.79 Å². The largest absolute Gasteiger partial charge is 0.454 e. The number of aromatic nitrogens is 2. The van der Waals surface area contributed by atoms with Crippen LogP contribution in [0.3, 0.4) is 0 Å². The molecule has 0 atom stereocenters. The summed E-state index contributed by atoms with van der Waals surface area (Å²) in [6.45, 7) is 5.35. The maximum absolute atomic E-state index is 5.45. The van der Waals surface area contributed by atoms with E-state index in [1.165, 1.54) is 16.7 Å². The highest BCUT2D eigenvalue weighted by atomic mass is 16.7. The Morgan fingerprint density at radius 3 is 2.80 bits per heavy atom. The third kappa shape index (κ3) is 5.31. The Labute approximate surface area is 176 Å². The second-order valence-corrected chi connectivity index (χ2v) is 7.08. The molecule has 2 heterocycles. The number of benzene rings is 2. The first kappa shape index (κ1) is 19.8. The van der Waals surface area contributed by atoms with Gasteiger partial charge < -0.3 is 20.1 Å². The Hall–Kier alpha value is -3.48. The van der Waals surface area contributed by atoms with Crippen molar-refractivity contribution < 1.29 is 9.47 Å². The molecule has 0 saturated carbocycles. The molecule has 0 unspecified atom stereocenters. The molecule has 7 nitrogen and oxygen atoms in total. The number of ether oxygens (including phenoxy) is 2. The van der Waals surface area contributed by atoms with Gasteiger partial charge in [-0.05, 0) is 48.2 Å². The molecule has 0 amide bonds. The van der Waals surface area contributed by atoms with E-state index in [0.717, 1.165) is 43.5 Å². The van der Waals surface area contributed by atoms with Gasteiger partial charge in [-0.1, -0.05) is 30.3 Å². The molecular weight excluding hydrogens is 378 g/mol. The number of aliphatic imine (C=N–C) groups is 1. The van der Waals surface area contributed by atoms with Crippen LogP contribution in [0.2, 0.25) is 0 Å². The van der Waals surface area contributed by atoms with Crippen LogP contribution in [-0.2, 0) is 19.5 Å². The fraction of sp³-hybridized carbons (Fsp3) is 0.304. The molecule has 1 aliphatic rings. The highest BCUT2D eigenvalue weighted by molar-refractivity contribution is 5.79. The van der Waals surface area contributed by atoms with Gasteiger partial charge in [0.15, 0.2) is 17.5 Å². The summed E-state index contributed by atoms with van der Waals surface area (Å²) >= 11 is 0. The number of nitrogens with one attached hydrogen (secondary N) is 2. The van der Waals surface area contributed by atoms with Crippen molar-refractivity contribution >= 4 is 5.96 Å². The number of hydrogen-bond acceptors (Lipinski definition) is 4. The summed E-state index contributed by atoms with van der Waals surface area (Å²) in [5, 5.41) is 11.0. The number of rotatable bonds is 8. The van der Waals surface area contributed by atoms with Crippen molar-refractivity contribution in [3.63, 3.8) is 0 Å². The van der Waals surface area contributed by atoms with Crippen LogP contribution in [0.4, 0.5) is 0 Å². The lowest BCUT2D eigenvalue weighted by molar-refractivity contribution is 0.174. The van der Waals surface area contributed by atoms with E-state index in [2.05, 4.69) is 53.0 Å². The highest BCUT2D eigenvalue weighted by Crippen LogP contribution is 2.32. The molecule has 3 aromatic rings. The Morgan fingerprint density at radius 1 is 1.03 bits per heavy atom. The molecular formula is C23H27N5O2. The topological polar surface area (TPSA) is 72.7 Å². The van der Waals surface area contributed by atoms with Gasteiger partial charge in [0.05, 0.1) is 13.1 Å². The minimum absolute atomic E-state index is 0.303. The van der Waals surface area contributed by atoms with Crippen LogP contribution in [0.5, 0.6) is 11.5 Å². The molecule has 156 valence electrons. The first-order valence-corrected chi connectivity index (χ1v) is 10.3. The number of nitrogens with zero attached hydrogens (tertiary/aromatic N) is 3. The van der Waals surface area contributed by atoms with Crippen LogP contribution in [-0.4, -0.2) is 35.6 Å². The Balaban J connectivity index is 1.32. The number of guanidine groups is 1. The van der Waals surface area contributed by atoms with Crippen molar-refractivity contribution in [2.75, 3.05) is 19.9 Å². The summed E-state index contributed by atoms with van der Waals surface area (Å²) in [6, 6.07) is 16.5. The minimum atomic E-state index is 0.303. The van der Waals surface area contributed by atoms with E-state index in [1.807, 2.05) is 29.1 Å². The zero-order valence-corrected chi connectivity index (χ0v) is 17.2. The molecule has 4 rings (SSSR count). The zero-order chi connectivity index (χ0) is 20.6. The van der Waals surface area contributed by atoms with Crippen LogP contribution in [0.25, 0.3) is 0 Å². The van der Waals surface area contributed by atoms with Crippen molar-refractivity contribution in [1.29, 1.82) is 0 Å². The first-order valence-electron chi connectivity index (χ1n) is 10.3. The van der Waals surface area contributed by atoms with E-state index in [4.69, 9.17) is 14.5 Å². The van der Waals surface area contributed by atoms with E-state index in [1.54, 1.807) is 6.20 Å². The Morgan fingerprint density at radius 2 is 1.93 bits per heavy atom. The van der Waals surface area contributed by atoms with Crippen LogP contribution in [0, 0.1) is 0 Å². The smallest absolute Gasteiger partial charge is 0.231 e. The van der Waals surface area contributed by atoms with Crippen LogP contribution in [0.1, 0.15) is 23.6 Å².